The predicted octanol–water partition coefficient (Wildman–Crippen LogP) is 2.25. The van der Waals surface area contributed by atoms with Gasteiger partial charge in [0.15, 0.2) is 0 Å². The summed E-state index contributed by atoms with van der Waals surface area (Å²) in [5.41, 5.74) is 0.789. The molecule has 0 radical (unpaired) electrons. The zero-order valence-corrected chi connectivity index (χ0v) is 15.6. The molecule has 0 aromatic heterocycles. The Morgan fingerprint density at radius 1 is 1.27 bits per heavy atom. The maximum Gasteiger partial charge on any atom is 0.317 e. The third-order valence-corrected chi connectivity index (χ3v) is 5.69. The lowest BCUT2D eigenvalue weighted by Gasteiger charge is -2.40. The number of nitrogens with zero attached hydrogens (tertiary/aromatic N) is 2. The van der Waals surface area contributed by atoms with E-state index in [1.807, 2.05) is 22.7 Å². The van der Waals surface area contributed by atoms with Gasteiger partial charge in [0.2, 0.25) is 0 Å². The van der Waals surface area contributed by atoms with Crippen LogP contribution in [0.25, 0.3) is 0 Å². The summed E-state index contributed by atoms with van der Waals surface area (Å²) in [5.74, 6) is 2.26. The summed E-state index contributed by atoms with van der Waals surface area (Å²) in [6, 6.07) is 7.01. The number of carbonyl (C=O) groups excluding carboxylic acids is 1. The van der Waals surface area contributed by atoms with Crippen LogP contribution in [0.3, 0.4) is 0 Å². The van der Waals surface area contributed by atoms with E-state index < -0.39 is 0 Å². The smallest absolute Gasteiger partial charge is 0.317 e. The second-order valence-electron chi connectivity index (χ2n) is 6.26. The molecule has 0 bridgehead atoms. The predicted molar refractivity (Wildman–Crippen MR) is 101 cm³/mol. The van der Waals surface area contributed by atoms with Crippen LogP contribution in [-0.4, -0.2) is 71.1 Å². The monoisotopic (exact) mass is 383 g/mol. The molecule has 1 aromatic carbocycles. The second kappa shape index (κ2) is 11.0. The number of nitrogens with one attached hydrogen (secondary N) is 1. The Hall–Kier alpha value is -1.80. The van der Waals surface area contributed by atoms with Crippen LogP contribution >= 0.6 is 11.8 Å². The number of piperazine rings is 1. The summed E-state index contributed by atoms with van der Waals surface area (Å²) in [7, 11) is 0. The summed E-state index contributed by atoms with van der Waals surface area (Å²) in [6.45, 7) is 3.60. The molecule has 0 aliphatic carbocycles. The molecule has 8 heteroatoms. The number of carboxylic acid groups (broad SMARTS) is 1. The Balaban J connectivity index is 0.000000758. The van der Waals surface area contributed by atoms with E-state index in [9.17, 15) is 9.18 Å². The Morgan fingerprint density at radius 3 is 2.54 bits per heavy atom. The van der Waals surface area contributed by atoms with Gasteiger partial charge in [0.1, 0.15) is 5.82 Å². The summed E-state index contributed by atoms with van der Waals surface area (Å²) >= 11 is 2.05. The molecule has 144 valence electrons. The van der Waals surface area contributed by atoms with Crippen molar-refractivity contribution in [3.8, 4) is 0 Å². The van der Waals surface area contributed by atoms with Gasteiger partial charge in [-0.05, 0) is 42.0 Å². The van der Waals surface area contributed by atoms with Crippen LogP contribution in [0.1, 0.15) is 18.4 Å². The molecule has 26 heavy (non-hydrogen) atoms. The number of urea groups is 1. The quantitative estimate of drug-likeness (QED) is 0.784. The fourth-order valence-electron chi connectivity index (χ4n) is 3.28. The van der Waals surface area contributed by atoms with Crippen molar-refractivity contribution in [3.63, 3.8) is 0 Å². The molecule has 0 spiro atoms. The molecular formula is C18H26FN3O3S. The highest BCUT2D eigenvalue weighted by atomic mass is 32.2. The summed E-state index contributed by atoms with van der Waals surface area (Å²) in [6.07, 6.45) is 2.55. The number of halogens is 1. The molecule has 0 atom stereocenters. The Morgan fingerprint density at radius 2 is 1.92 bits per heavy atom. The number of rotatable bonds is 3. The van der Waals surface area contributed by atoms with Crippen LogP contribution < -0.4 is 5.32 Å². The molecular weight excluding hydrogens is 357 g/mol. The van der Waals surface area contributed by atoms with Gasteiger partial charge in [-0.25, -0.2) is 9.18 Å². The zero-order chi connectivity index (χ0) is 18.8. The topological polar surface area (TPSA) is 72.9 Å². The van der Waals surface area contributed by atoms with E-state index in [0.717, 1.165) is 31.7 Å². The average Bonchev–Trinajstić information content (AvgIpc) is 2.68. The van der Waals surface area contributed by atoms with Gasteiger partial charge in [0.05, 0.1) is 0 Å². The molecule has 6 nitrogen and oxygen atoms in total. The third-order valence-electron chi connectivity index (χ3n) is 4.64. The third kappa shape index (κ3) is 6.49. The Kier molecular flexibility index (Phi) is 8.70. The van der Waals surface area contributed by atoms with Crippen molar-refractivity contribution in [1.82, 2.24) is 15.1 Å². The molecule has 2 aliphatic heterocycles. The highest BCUT2D eigenvalue weighted by Gasteiger charge is 2.26. The maximum atomic E-state index is 13.1. The highest BCUT2D eigenvalue weighted by molar-refractivity contribution is 7.99. The summed E-state index contributed by atoms with van der Waals surface area (Å²) in [4.78, 5) is 25.0. The van der Waals surface area contributed by atoms with Crippen molar-refractivity contribution in [1.29, 1.82) is 0 Å². The van der Waals surface area contributed by atoms with Crippen LogP contribution in [0, 0.1) is 5.82 Å². The van der Waals surface area contributed by atoms with E-state index in [-0.39, 0.29) is 18.3 Å². The van der Waals surface area contributed by atoms with Crippen LogP contribution in [-0.2, 0) is 11.3 Å². The number of carbonyl (C=O) groups is 2. The lowest BCUT2D eigenvalue weighted by Crippen LogP contribution is -2.54. The normalized spacial score (nSPS) is 18.6. The lowest BCUT2D eigenvalue weighted by atomic mass is 10.1. The van der Waals surface area contributed by atoms with Crippen molar-refractivity contribution in [2.45, 2.75) is 25.4 Å². The number of hydrogen-bond acceptors (Lipinski definition) is 4. The molecule has 2 fully saturated rings. The molecule has 2 saturated heterocycles. The lowest BCUT2D eigenvalue weighted by molar-refractivity contribution is -0.122. The first kappa shape index (κ1) is 20.5. The minimum absolute atomic E-state index is 0.0480. The van der Waals surface area contributed by atoms with Gasteiger partial charge in [0, 0.05) is 38.8 Å². The zero-order valence-electron chi connectivity index (χ0n) is 14.8. The molecule has 2 heterocycles. The van der Waals surface area contributed by atoms with Gasteiger partial charge in [-0.15, -0.1) is 0 Å². The molecule has 0 saturated carbocycles. The van der Waals surface area contributed by atoms with E-state index >= 15 is 0 Å². The first-order valence-electron chi connectivity index (χ1n) is 8.81. The fourth-order valence-corrected chi connectivity index (χ4v) is 4.36. The molecule has 1 aromatic rings. The fraction of sp³-hybridized carbons (Fsp3) is 0.556. The van der Waals surface area contributed by atoms with Crippen LogP contribution in [0.15, 0.2) is 24.3 Å². The van der Waals surface area contributed by atoms with Gasteiger partial charge >= 0.3 is 6.03 Å². The van der Waals surface area contributed by atoms with Crippen molar-refractivity contribution >= 4 is 24.3 Å². The van der Waals surface area contributed by atoms with Gasteiger partial charge in [-0.2, -0.15) is 11.8 Å². The summed E-state index contributed by atoms with van der Waals surface area (Å²) in [5, 5.41) is 9.78. The van der Waals surface area contributed by atoms with Crippen molar-refractivity contribution in [2.24, 2.45) is 0 Å². The number of benzene rings is 1. The van der Waals surface area contributed by atoms with Gasteiger partial charge in [-0.3, -0.25) is 9.69 Å². The van der Waals surface area contributed by atoms with E-state index in [1.165, 1.54) is 36.5 Å². The maximum absolute atomic E-state index is 13.1. The minimum atomic E-state index is -0.268. The molecule has 2 aliphatic rings. The average molecular weight is 383 g/mol. The highest BCUT2D eigenvalue weighted by Crippen LogP contribution is 2.22. The number of hydrogen-bond donors (Lipinski definition) is 2. The van der Waals surface area contributed by atoms with Gasteiger partial charge in [0.25, 0.3) is 6.47 Å². The number of amides is 2. The van der Waals surface area contributed by atoms with Crippen molar-refractivity contribution in [2.75, 3.05) is 37.7 Å². The van der Waals surface area contributed by atoms with Crippen molar-refractivity contribution < 1.29 is 19.1 Å². The Bertz CT molecular complexity index is 577. The van der Waals surface area contributed by atoms with Gasteiger partial charge in [-0.1, -0.05) is 12.1 Å². The summed E-state index contributed by atoms with van der Waals surface area (Å²) < 4.78 is 13.1. The van der Waals surface area contributed by atoms with Crippen LogP contribution in [0.5, 0.6) is 0 Å². The number of thioether (sulfide) groups is 1. The first-order valence-corrected chi connectivity index (χ1v) is 9.96. The van der Waals surface area contributed by atoms with E-state index in [0.29, 0.717) is 12.6 Å². The van der Waals surface area contributed by atoms with E-state index in [4.69, 9.17) is 9.90 Å². The van der Waals surface area contributed by atoms with Crippen LogP contribution in [0.2, 0.25) is 0 Å². The van der Waals surface area contributed by atoms with E-state index in [1.54, 1.807) is 6.07 Å². The first-order chi connectivity index (χ1) is 12.6. The molecule has 3 rings (SSSR count). The minimum Gasteiger partial charge on any atom is -0.483 e. The molecule has 0 unspecified atom stereocenters. The second-order valence-corrected chi connectivity index (χ2v) is 7.49. The van der Waals surface area contributed by atoms with Crippen LogP contribution in [0.4, 0.5) is 9.18 Å². The van der Waals surface area contributed by atoms with E-state index in [2.05, 4.69) is 10.2 Å². The standard InChI is InChI=1S/C17H24FN3OS.CH2O2/c18-15-3-1-2-14(12-15)13-19-17(22)21-8-6-20(7-9-21)16-4-10-23-11-5-16;2-1-3/h1-3,12,16H,4-11,13H2,(H,19,22);1H,(H,2,3). The Labute approximate surface area is 157 Å². The largest absolute Gasteiger partial charge is 0.483 e. The SMILES string of the molecule is O=C(NCc1cccc(F)c1)N1CCN(C2CCSCC2)CC1.O=CO. The van der Waals surface area contributed by atoms with Crippen molar-refractivity contribution in [3.05, 3.63) is 35.6 Å². The molecule has 2 amide bonds. The van der Waals surface area contributed by atoms with Gasteiger partial charge < -0.3 is 15.3 Å². The molecule has 2 N–H and O–H groups in total.